The molecule has 0 saturated heterocycles. The van der Waals surface area contributed by atoms with E-state index < -0.39 is 0 Å². The third kappa shape index (κ3) is 7.65. The van der Waals surface area contributed by atoms with Crippen LogP contribution in [0.3, 0.4) is 0 Å². The first-order valence-electron chi connectivity index (χ1n) is 5.68. The van der Waals surface area contributed by atoms with E-state index in [0.29, 0.717) is 12.6 Å². The first-order chi connectivity index (χ1) is 6.72. The molecule has 0 heterocycles. The van der Waals surface area contributed by atoms with Crippen molar-refractivity contribution in [1.82, 2.24) is 4.90 Å². The second-order valence-electron chi connectivity index (χ2n) is 3.99. The van der Waals surface area contributed by atoms with Gasteiger partial charge in [0.2, 0.25) is 0 Å². The fourth-order valence-corrected chi connectivity index (χ4v) is 1.73. The van der Waals surface area contributed by atoms with E-state index in [0.717, 1.165) is 25.3 Å². The second kappa shape index (κ2) is 9.81. The Morgan fingerprint density at radius 2 is 1.71 bits per heavy atom. The molecule has 0 bridgehead atoms. The second-order valence-corrected chi connectivity index (χ2v) is 4.44. The Bertz CT molecular complexity index is 120. The number of thiol groups is 1. The fraction of sp³-hybridized carbons (Fsp3) is 1.00. The van der Waals surface area contributed by atoms with Crippen LogP contribution >= 0.6 is 12.6 Å². The van der Waals surface area contributed by atoms with Crippen LogP contribution in [-0.4, -0.2) is 41.5 Å². The van der Waals surface area contributed by atoms with Gasteiger partial charge in [-0.2, -0.15) is 12.6 Å². The van der Waals surface area contributed by atoms with Crippen LogP contribution in [0.1, 0.15) is 39.5 Å². The summed E-state index contributed by atoms with van der Waals surface area (Å²) >= 11 is 4.20. The molecule has 0 rings (SSSR count). The van der Waals surface area contributed by atoms with E-state index in [9.17, 15) is 0 Å². The maximum Gasteiger partial charge on any atom is 0.0443 e. The van der Waals surface area contributed by atoms with E-state index in [4.69, 9.17) is 5.11 Å². The summed E-state index contributed by atoms with van der Waals surface area (Å²) in [6.07, 6.45) is 4.63. The molecule has 0 aromatic carbocycles. The average Bonchev–Trinajstić information content (AvgIpc) is 2.16. The highest BCUT2D eigenvalue weighted by Gasteiger charge is 2.07. The molecule has 0 aromatic heterocycles. The Balaban J connectivity index is 3.52. The lowest BCUT2D eigenvalue weighted by Gasteiger charge is -2.26. The van der Waals surface area contributed by atoms with Crippen LogP contribution in [0.25, 0.3) is 0 Å². The summed E-state index contributed by atoms with van der Waals surface area (Å²) in [5.41, 5.74) is 0. The SMILES string of the molecule is CC(C)N(CCCO)CCCCCS. The monoisotopic (exact) mass is 219 g/mol. The van der Waals surface area contributed by atoms with Gasteiger partial charge in [-0.1, -0.05) is 6.42 Å². The zero-order chi connectivity index (χ0) is 10.8. The van der Waals surface area contributed by atoms with E-state index in [1.807, 2.05) is 0 Å². The summed E-state index contributed by atoms with van der Waals surface area (Å²) in [5.74, 6) is 0.998. The zero-order valence-corrected chi connectivity index (χ0v) is 10.5. The predicted molar refractivity (Wildman–Crippen MR) is 66.1 cm³/mol. The number of aliphatic hydroxyl groups excluding tert-OH is 1. The fourth-order valence-electron chi connectivity index (χ4n) is 1.51. The van der Waals surface area contributed by atoms with Gasteiger partial charge in [-0.05, 0) is 45.4 Å². The van der Waals surface area contributed by atoms with E-state index in [1.54, 1.807) is 0 Å². The molecule has 0 spiro atoms. The van der Waals surface area contributed by atoms with Crippen molar-refractivity contribution in [3.05, 3.63) is 0 Å². The number of unbranched alkanes of at least 4 members (excludes halogenated alkanes) is 2. The van der Waals surface area contributed by atoms with Crippen molar-refractivity contribution < 1.29 is 5.11 Å². The number of aliphatic hydroxyl groups is 1. The summed E-state index contributed by atoms with van der Waals surface area (Å²) in [5, 5.41) is 8.77. The maximum atomic E-state index is 8.77. The van der Waals surface area contributed by atoms with Crippen LogP contribution < -0.4 is 0 Å². The lowest BCUT2D eigenvalue weighted by molar-refractivity contribution is 0.189. The summed E-state index contributed by atoms with van der Waals surface area (Å²) in [4.78, 5) is 2.44. The average molecular weight is 219 g/mol. The Labute approximate surface area is 94.1 Å². The van der Waals surface area contributed by atoms with Gasteiger partial charge in [-0.25, -0.2) is 0 Å². The molecule has 14 heavy (non-hydrogen) atoms. The minimum absolute atomic E-state index is 0.305. The van der Waals surface area contributed by atoms with E-state index >= 15 is 0 Å². The third-order valence-corrected chi connectivity index (χ3v) is 2.75. The van der Waals surface area contributed by atoms with Crippen LogP contribution in [0.5, 0.6) is 0 Å². The molecule has 0 saturated carbocycles. The quantitative estimate of drug-likeness (QED) is 0.459. The van der Waals surface area contributed by atoms with Crippen molar-refractivity contribution in [3.63, 3.8) is 0 Å². The largest absolute Gasteiger partial charge is 0.396 e. The zero-order valence-electron chi connectivity index (χ0n) is 9.58. The van der Waals surface area contributed by atoms with Crippen LogP contribution in [-0.2, 0) is 0 Å². The third-order valence-electron chi connectivity index (χ3n) is 2.44. The Hall–Kier alpha value is 0.270. The maximum absolute atomic E-state index is 8.77. The first-order valence-corrected chi connectivity index (χ1v) is 6.31. The molecule has 3 heteroatoms. The molecular weight excluding hydrogens is 194 g/mol. The van der Waals surface area contributed by atoms with Crippen LogP contribution in [0.4, 0.5) is 0 Å². The van der Waals surface area contributed by atoms with Crippen molar-refractivity contribution in [3.8, 4) is 0 Å². The highest BCUT2D eigenvalue weighted by Crippen LogP contribution is 2.04. The molecule has 0 aliphatic carbocycles. The lowest BCUT2D eigenvalue weighted by atomic mass is 10.2. The Morgan fingerprint density at radius 3 is 2.21 bits per heavy atom. The van der Waals surface area contributed by atoms with Crippen LogP contribution in [0, 0.1) is 0 Å². The van der Waals surface area contributed by atoms with Crippen LogP contribution in [0.15, 0.2) is 0 Å². The summed E-state index contributed by atoms with van der Waals surface area (Å²) in [7, 11) is 0. The van der Waals surface area contributed by atoms with E-state index in [1.165, 1.54) is 19.3 Å². The molecule has 0 radical (unpaired) electrons. The van der Waals surface area contributed by atoms with Crippen molar-refractivity contribution in [1.29, 1.82) is 0 Å². The minimum Gasteiger partial charge on any atom is -0.396 e. The van der Waals surface area contributed by atoms with Gasteiger partial charge in [0.15, 0.2) is 0 Å². The van der Waals surface area contributed by atoms with Gasteiger partial charge < -0.3 is 10.0 Å². The van der Waals surface area contributed by atoms with Gasteiger partial charge in [-0.15, -0.1) is 0 Å². The predicted octanol–water partition coefficient (Wildman–Crippen LogP) is 2.18. The van der Waals surface area contributed by atoms with Gasteiger partial charge in [0.05, 0.1) is 0 Å². The molecule has 0 atom stereocenters. The highest BCUT2D eigenvalue weighted by molar-refractivity contribution is 7.80. The number of rotatable bonds is 9. The standard InChI is InChI=1S/C11H25NOS/c1-11(2)12(8-6-9-13)7-4-3-5-10-14/h11,13-14H,3-10H2,1-2H3. The normalized spacial score (nSPS) is 11.6. The smallest absolute Gasteiger partial charge is 0.0443 e. The number of hydrogen-bond donors (Lipinski definition) is 2. The van der Waals surface area contributed by atoms with Gasteiger partial charge >= 0.3 is 0 Å². The molecule has 0 aliphatic heterocycles. The molecule has 0 fully saturated rings. The minimum atomic E-state index is 0.305. The molecule has 0 unspecified atom stereocenters. The lowest BCUT2D eigenvalue weighted by Crippen LogP contribution is -2.33. The van der Waals surface area contributed by atoms with Gasteiger partial charge in [0, 0.05) is 19.2 Å². The summed E-state index contributed by atoms with van der Waals surface area (Å²) < 4.78 is 0. The van der Waals surface area contributed by atoms with E-state index in [-0.39, 0.29) is 0 Å². The molecule has 0 aliphatic rings. The highest BCUT2D eigenvalue weighted by atomic mass is 32.1. The summed E-state index contributed by atoms with van der Waals surface area (Å²) in [6.45, 7) is 6.92. The first kappa shape index (κ1) is 14.3. The summed E-state index contributed by atoms with van der Waals surface area (Å²) in [6, 6.07) is 0.595. The van der Waals surface area contributed by atoms with E-state index in [2.05, 4.69) is 31.4 Å². The van der Waals surface area contributed by atoms with Gasteiger partial charge in [0.25, 0.3) is 0 Å². The Kier molecular flexibility index (Phi) is 10.0. The van der Waals surface area contributed by atoms with Gasteiger partial charge in [-0.3, -0.25) is 0 Å². The van der Waals surface area contributed by atoms with Gasteiger partial charge in [0.1, 0.15) is 0 Å². The molecule has 0 aromatic rings. The number of hydrogen-bond acceptors (Lipinski definition) is 3. The Morgan fingerprint density at radius 1 is 1.07 bits per heavy atom. The molecule has 86 valence electrons. The van der Waals surface area contributed by atoms with Crippen molar-refractivity contribution in [2.75, 3.05) is 25.4 Å². The molecule has 0 amide bonds. The molecule has 2 nitrogen and oxygen atoms in total. The van der Waals surface area contributed by atoms with Crippen molar-refractivity contribution >= 4 is 12.6 Å². The van der Waals surface area contributed by atoms with Crippen molar-refractivity contribution in [2.24, 2.45) is 0 Å². The molecule has 1 N–H and O–H groups in total. The molecular formula is C11H25NOS. The number of nitrogens with zero attached hydrogens (tertiary/aromatic N) is 1. The van der Waals surface area contributed by atoms with Crippen molar-refractivity contribution in [2.45, 2.75) is 45.6 Å². The van der Waals surface area contributed by atoms with Crippen LogP contribution in [0.2, 0.25) is 0 Å². The topological polar surface area (TPSA) is 23.5 Å².